The van der Waals surface area contributed by atoms with Crippen molar-refractivity contribution in [3.8, 4) is 0 Å². The third-order valence-electron chi connectivity index (χ3n) is 6.39. The molecular formula is C22H24ClFN4O. The molecule has 0 spiro atoms. The third-order valence-corrected chi connectivity index (χ3v) is 6.64. The molecule has 2 aliphatic rings. The molecule has 0 saturated carbocycles. The van der Waals surface area contributed by atoms with Crippen LogP contribution in [0.3, 0.4) is 0 Å². The van der Waals surface area contributed by atoms with Crippen molar-refractivity contribution in [3.05, 3.63) is 58.1 Å². The van der Waals surface area contributed by atoms with E-state index < -0.39 is 12.3 Å². The number of alkyl halides is 1. The van der Waals surface area contributed by atoms with E-state index in [1.807, 2.05) is 19.1 Å². The maximum atomic E-state index is 13.3. The number of rotatable bonds is 4. The normalized spacial score (nSPS) is 21.2. The molecule has 5 rings (SSSR count). The van der Waals surface area contributed by atoms with E-state index >= 15 is 0 Å². The van der Waals surface area contributed by atoms with Gasteiger partial charge in [-0.25, -0.2) is 14.4 Å². The Bertz CT molecular complexity index is 1060. The highest BCUT2D eigenvalue weighted by atomic mass is 35.5. The van der Waals surface area contributed by atoms with Crippen molar-refractivity contribution in [1.82, 2.24) is 19.4 Å². The topological polar surface area (TPSA) is 54.2 Å². The van der Waals surface area contributed by atoms with Crippen LogP contribution in [0.15, 0.2) is 30.5 Å². The summed E-state index contributed by atoms with van der Waals surface area (Å²) in [5.74, 6) is 0.219. The Morgan fingerprint density at radius 3 is 2.83 bits per heavy atom. The predicted molar refractivity (Wildman–Crippen MR) is 111 cm³/mol. The Hall–Kier alpha value is -2.02. The lowest BCUT2D eigenvalue weighted by molar-refractivity contribution is 0.0383. The van der Waals surface area contributed by atoms with Crippen LogP contribution in [0.5, 0.6) is 0 Å². The molecule has 2 atom stereocenters. The molecule has 4 heterocycles. The second-order valence-corrected chi connectivity index (χ2v) is 8.76. The first-order chi connectivity index (χ1) is 14.0. The molecule has 1 saturated heterocycles. The standard InChI is InChI=1S/C22H24ClFN4O/c1-22(29,14-4-6-15(23)7-5-14)13-28-17-8-10-27-9-2-3-16(27)20(17)21-18(28)12-25-19(11-24)26-21/h4-7,12,16,29H,2-3,8-11,13H2,1H3. The molecule has 0 amide bonds. The lowest BCUT2D eigenvalue weighted by atomic mass is 9.95. The van der Waals surface area contributed by atoms with Gasteiger partial charge in [-0.2, -0.15) is 0 Å². The number of hydrogen-bond donors (Lipinski definition) is 1. The molecule has 1 aromatic carbocycles. The quantitative estimate of drug-likeness (QED) is 0.696. The number of halogens is 2. The van der Waals surface area contributed by atoms with Crippen LogP contribution < -0.4 is 0 Å². The van der Waals surface area contributed by atoms with E-state index in [0.29, 0.717) is 17.6 Å². The Balaban J connectivity index is 1.65. The van der Waals surface area contributed by atoms with Gasteiger partial charge in [0.05, 0.1) is 23.8 Å². The van der Waals surface area contributed by atoms with E-state index in [-0.39, 0.29) is 5.82 Å². The molecule has 2 aromatic heterocycles. The molecule has 1 N–H and O–H groups in total. The molecule has 2 aliphatic heterocycles. The van der Waals surface area contributed by atoms with Gasteiger partial charge >= 0.3 is 0 Å². The Kier molecular flexibility index (Phi) is 4.61. The minimum atomic E-state index is -1.09. The zero-order valence-corrected chi connectivity index (χ0v) is 17.2. The van der Waals surface area contributed by atoms with Gasteiger partial charge in [0.25, 0.3) is 0 Å². The van der Waals surface area contributed by atoms with Crippen LogP contribution in [0.1, 0.15) is 48.5 Å². The summed E-state index contributed by atoms with van der Waals surface area (Å²) in [6.07, 6.45) is 4.87. The fourth-order valence-electron chi connectivity index (χ4n) is 4.98. The van der Waals surface area contributed by atoms with E-state index in [1.165, 1.54) is 17.7 Å². The zero-order chi connectivity index (χ0) is 20.2. The highest BCUT2D eigenvalue weighted by Gasteiger charge is 2.37. The summed E-state index contributed by atoms with van der Waals surface area (Å²) in [6, 6.07) is 7.63. The summed E-state index contributed by atoms with van der Waals surface area (Å²) >= 11 is 6.02. The fraction of sp³-hybridized carbons (Fsp3) is 0.455. The second kappa shape index (κ2) is 7.04. The highest BCUT2D eigenvalue weighted by Crippen LogP contribution is 2.43. The maximum absolute atomic E-state index is 13.3. The molecule has 5 nitrogen and oxygen atoms in total. The van der Waals surface area contributed by atoms with E-state index in [4.69, 9.17) is 11.6 Å². The minimum Gasteiger partial charge on any atom is -0.384 e. The first-order valence-electron chi connectivity index (χ1n) is 10.1. The smallest absolute Gasteiger partial charge is 0.160 e. The van der Waals surface area contributed by atoms with E-state index in [0.717, 1.165) is 42.5 Å². The zero-order valence-electron chi connectivity index (χ0n) is 16.4. The monoisotopic (exact) mass is 414 g/mol. The van der Waals surface area contributed by atoms with Gasteiger partial charge in [-0.05, 0) is 44.0 Å². The Morgan fingerprint density at radius 1 is 1.28 bits per heavy atom. The maximum Gasteiger partial charge on any atom is 0.160 e. The minimum absolute atomic E-state index is 0.219. The van der Waals surface area contributed by atoms with Crippen molar-refractivity contribution in [2.45, 2.75) is 51.0 Å². The molecule has 0 aliphatic carbocycles. The molecular weight excluding hydrogens is 391 g/mol. The van der Waals surface area contributed by atoms with Crippen molar-refractivity contribution in [2.75, 3.05) is 13.1 Å². The number of fused-ring (bicyclic) bond motifs is 5. The van der Waals surface area contributed by atoms with Gasteiger partial charge in [-0.1, -0.05) is 23.7 Å². The van der Waals surface area contributed by atoms with Gasteiger partial charge in [0.15, 0.2) is 5.82 Å². The first kappa shape index (κ1) is 19.0. The molecule has 1 fully saturated rings. The molecule has 3 aromatic rings. The van der Waals surface area contributed by atoms with Crippen molar-refractivity contribution < 1.29 is 9.50 Å². The highest BCUT2D eigenvalue weighted by molar-refractivity contribution is 6.30. The van der Waals surface area contributed by atoms with Gasteiger partial charge in [-0.15, -0.1) is 0 Å². The van der Waals surface area contributed by atoms with Crippen LogP contribution in [0, 0.1) is 0 Å². The molecule has 0 radical (unpaired) electrons. The summed E-state index contributed by atoms with van der Waals surface area (Å²) in [7, 11) is 0. The number of aromatic nitrogens is 3. The third kappa shape index (κ3) is 3.14. The van der Waals surface area contributed by atoms with Crippen LogP contribution in [-0.4, -0.2) is 37.6 Å². The Morgan fingerprint density at radius 2 is 2.07 bits per heavy atom. The largest absolute Gasteiger partial charge is 0.384 e. The number of aliphatic hydroxyl groups is 1. The van der Waals surface area contributed by atoms with Gasteiger partial charge < -0.3 is 9.67 Å². The first-order valence-corrected chi connectivity index (χ1v) is 10.5. The van der Waals surface area contributed by atoms with E-state index in [2.05, 4.69) is 19.4 Å². The summed E-state index contributed by atoms with van der Waals surface area (Å²) < 4.78 is 15.4. The SMILES string of the molecule is CC(O)(Cn1c2c(c3nc(CF)ncc31)C1CCCN1CC2)c1ccc(Cl)cc1. The molecule has 2 unspecified atom stereocenters. The number of hydrogen-bond acceptors (Lipinski definition) is 4. The number of nitrogens with zero attached hydrogens (tertiary/aromatic N) is 4. The van der Waals surface area contributed by atoms with Crippen molar-refractivity contribution in [1.29, 1.82) is 0 Å². The second-order valence-electron chi connectivity index (χ2n) is 8.32. The molecule has 152 valence electrons. The van der Waals surface area contributed by atoms with Gasteiger partial charge in [-0.3, -0.25) is 4.90 Å². The average Bonchev–Trinajstić information content (AvgIpc) is 3.30. The van der Waals surface area contributed by atoms with Crippen LogP contribution in [0.4, 0.5) is 4.39 Å². The summed E-state index contributed by atoms with van der Waals surface area (Å²) in [5, 5.41) is 12.0. The Labute approximate surface area is 174 Å². The van der Waals surface area contributed by atoms with Crippen molar-refractivity contribution in [3.63, 3.8) is 0 Å². The van der Waals surface area contributed by atoms with Crippen LogP contribution in [0.2, 0.25) is 5.02 Å². The fourth-order valence-corrected chi connectivity index (χ4v) is 5.10. The van der Waals surface area contributed by atoms with Crippen LogP contribution >= 0.6 is 11.6 Å². The lowest BCUT2D eigenvalue weighted by Gasteiger charge is -2.32. The van der Waals surface area contributed by atoms with Gasteiger partial charge in [0.1, 0.15) is 12.3 Å². The van der Waals surface area contributed by atoms with E-state index in [1.54, 1.807) is 18.3 Å². The van der Waals surface area contributed by atoms with Crippen LogP contribution in [0.25, 0.3) is 11.0 Å². The van der Waals surface area contributed by atoms with Crippen molar-refractivity contribution in [2.24, 2.45) is 0 Å². The summed E-state index contributed by atoms with van der Waals surface area (Å²) in [5.41, 5.74) is 3.82. The molecule has 7 heteroatoms. The van der Waals surface area contributed by atoms with Gasteiger partial charge in [0, 0.05) is 35.3 Å². The predicted octanol–water partition coefficient (Wildman–Crippen LogP) is 4.15. The van der Waals surface area contributed by atoms with E-state index in [9.17, 15) is 9.50 Å². The number of benzene rings is 1. The summed E-state index contributed by atoms with van der Waals surface area (Å²) in [6.45, 7) is 3.62. The molecule has 29 heavy (non-hydrogen) atoms. The molecule has 0 bridgehead atoms. The van der Waals surface area contributed by atoms with Crippen LogP contribution in [-0.2, 0) is 25.2 Å². The summed E-state index contributed by atoms with van der Waals surface area (Å²) in [4.78, 5) is 11.3. The average molecular weight is 415 g/mol. The lowest BCUT2D eigenvalue weighted by Crippen LogP contribution is -2.33. The van der Waals surface area contributed by atoms with Gasteiger partial charge in [0.2, 0.25) is 0 Å². The van der Waals surface area contributed by atoms with Crippen molar-refractivity contribution >= 4 is 22.6 Å².